The highest BCUT2D eigenvalue weighted by Crippen LogP contribution is 2.31. The first-order valence-corrected chi connectivity index (χ1v) is 11.2. The molecule has 0 atom stereocenters. The lowest BCUT2D eigenvalue weighted by Crippen LogP contribution is -2.38. The van der Waals surface area contributed by atoms with Crippen LogP contribution in [-0.4, -0.2) is 22.4 Å². The molecule has 0 bridgehead atoms. The predicted octanol–water partition coefficient (Wildman–Crippen LogP) is 4.88. The molecule has 6 heteroatoms. The van der Waals surface area contributed by atoms with Crippen molar-refractivity contribution in [3.8, 4) is 0 Å². The fourth-order valence-electron chi connectivity index (χ4n) is 4.50. The zero-order valence-corrected chi connectivity index (χ0v) is 18.9. The smallest absolute Gasteiger partial charge is 0.259 e. The number of fused-ring (bicyclic) bond motifs is 2. The molecule has 3 heterocycles. The Hall–Kier alpha value is -3.77. The summed E-state index contributed by atoms with van der Waals surface area (Å²) in [4.78, 5) is 22.0. The zero-order chi connectivity index (χ0) is 22.8. The molecule has 0 fully saturated rings. The fraction of sp³-hybridized carbons (Fsp3) is 0.222. The number of anilines is 2. The van der Waals surface area contributed by atoms with E-state index in [-0.39, 0.29) is 11.3 Å². The average molecular weight is 438 g/mol. The van der Waals surface area contributed by atoms with Gasteiger partial charge in [-0.15, -0.1) is 0 Å². The molecule has 6 nitrogen and oxygen atoms in total. The second-order valence-corrected chi connectivity index (χ2v) is 9.05. The summed E-state index contributed by atoms with van der Waals surface area (Å²) in [5, 5.41) is 10.9. The van der Waals surface area contributed by atoms with Crippen LogP contribution in [0.25, 0.3) is 10.9 Å². The number of carbonyl (C=O) groups excluding carboxylic acids is 1. The average Bonchev–Trinajstić information content (AvgIpc) is 2.82. The monoisotopic (exact) mass is 437 g/mol. The molecule has 4 aromatic rings. The maximum absolute atomic E-state index is 13.1. The molecule has 0 saturated carbocycles. The van der Waals surface area contributed by atoms with Crippen molar-refractivity contribution in [1.29, 1.82) is 0 Å². The van der Waals surface area contributed by atoms with E-state index in [0.717, 1.165) is 35.2 Å². The minimum atomic E-state index is -0.187. The normalized spacial score (nSPS) is 14.5. The van der Waals surface area contributed by atoms with Crippen molar-refractivity contribution in [2.24, 2.45) is 0 Å². The highest BCUT2D eigenvalue weighted by molar-refractivity contribution is 6.07. The first-order chi connectivity index (χ1) is 16.0. The van der Waals surface area contributed by atoms with Crippen LogP contribution in [0.2, 0.25) is 0 Å². The Morgan fingerprint density at radius 1 is 1.03 bits per heavy atom. The summed E-state index contributed by atoms with van der Waals surface area (Å²) in [6, 6.07) is 19.8. The number of nitrogens with one attached hydrogen (secondary N) is 3. The lowest BCUT2D eigenvalue weighted by molar-refractivity contribution is 0.102. The van der Waals surface area contributed by atoms with Gasteiger partial charge in [-0.05, 0) is 53.1 Å². The van der Waals surface area contributed by atoms with Crippen LogP contribution in [0.15, 0.2) is 73.1 Å². The van der Waals surface area contributed by atoms with Crippen LogP contribution in [-0.2, 0) is 18.5 Å². The van der Waals surface area contributed by atoms with Crippen LogP contribution in [0.5, 0.6) is 0 Å². The molecule has 3 N–H and O–H groups in total. The Bertz CT molecular complexity index is 1330. The molecular weight excluding hydrogens is 410 g/mol. The number of amides is 1. The van der Waals surface area contributed by atoms with Crippen LogP contribution in [0, 0.1) is 0 Å². The minimum Gasteiger partial charge on any atom is -0.365 e. The van der Waals surface area contributed by atoms with E-state index in [4.69, 9.17) is 0 Å². The standard InChI is InChI=1S/C27H27N5O/c1-27(2)17-28-15-19-14-20(9-10-23(19)27)32-26(33)22-7-5-12-30-25(22)31-16-18-11-13-29-24-8-4-3-6-21(18)24/h3-14,28H,15-17H2,1-2H3,(H,30,31)(H,32,33). The Morgan fingerprint density at radius 3 is 2.82 bits per heavy atom. The molecule has 0 spiro atoms. The van der Waals surface area contributed by atoms with E-state index in [1.54, 1.807) is 24.5 Å². The summed E-state index contributed by atoms with van der Waals surface area (Å²) in [5.41, 5.74) is 5.96. The van der Waals surface area contributed by atoms with Gasteiger partial charge in [0, 0.05) is 48.5 Å². The van der Waals surface area contributed by atoms with Crippen LogP contribution < -0.4 is 16.0 Å². The Kier molecular flexibility index (Phi) is 5.52. The van der Waals surface area contributed by atoms with Crippen molar-refractivity contribution in [3.63, 3.8) is 0 Å². The van der Waals surface area contributed by atoms with E-state index >= 15 is 0 Å². The lowest BCUT2D eigenvalue weighted by Gasteiger charge is -2.33. The first-order valence-electron chi connectivity index (χ1n) is 11.2. The maximum Gasteiger partial charge on any atom is 0.259 e. The molecular formula is C27H27N5O. The van der Waals surface area contributed by atoms with Gasteiger partial charge < -0.3 is 16.0 Å². The number of pyridine rings is 2. The van der Waals surface area contributed by atoms with Crippen LogP contribution >= 0.6 is 0 Å². The van der Waals surface area contributed by atoms with E-state index in [0.29, 0.717) is 17.9 Å². The second-order valence-electron chi connectivity index (χ2n) is 9.05. The van der Waals surface area contributed by atoms with Crippen LogP contribution in [0.1, 0.15) is 40.9 Å². The Labute approximate surface area is 193 Å². The molecule has 0 saturated heterocycles. The van der Waals surface area contributed by atoms with Gasteiger partial charge in [0.1, 0.15) is 5.82 Å². The van der Waals surface area contributed by atoms with Gasteiger partial charge in [0.2, 0.25) is 0 Å². The lowest BCUT2D eigenvalue weighted by atomic mass is 9.79. The van der Waals surface area contributed by atoms with Crippen molar-refractivity contribution in [2.75, 3.05) is 17.2 Å². The number of rotatable bonds is 5. The molecule has 0 unspecified atom stereocenters. The molecule has 0 aliphatic carbocycles. The number of para-hydroxylation sites is 1. The molecule has 5 rings (SSSR count). The first kappa shape index (κ1) is 21.1. The summed E-state index contributed by atoms with van der Waals surface area (Å²) in [6.07, 6.45) is 3.49. The Morgan fingerprint density at radius 2 is 1.91 bits per heavy atom. The summed E-state index contributed by atoms with van der Waals surface area (Å²) >= 11 is 0. The van der Waals surface area contributed by atoms with E-state index in [1.807, 2.05) is 30.3 Å². The van der Waals surface area contributed by atoms with E-state index < -0.39 is 0 Å². The maximum atomic E-state index is 13.1. The SMILES string of the molecule is CC1(C)CNCc2cc(NC(=O)c3cccnc3NCc3ccnc4ccccc34)ccc21. The van der Waals surface area contributed by atoms with Gasteiger partial charge >= 0.3 is 0 Å². The van der Waals surface area contributed by atoms with Crippen molar-refractivity contribution < 1.29 is 4.79 Å². The van der Waals surface area contributed by atoms with Gasteiger partial charge in [-0.3, -0.25) is 9.78 Å². The largest absolute Gasteiger partial charge is 0.365 e. The highest BCUT2D eigenvalue weighted by Gasteiger charge is 2.27. The second kappa shape index (κ2) is 8.64. The summed E-state index contributed by atoms with van der Waals surface area (Å²) in [6.45, 7) is 6.76. The van der Waals surface area contributed by atoms with Crippen molar-refractivity contribution in [3.05, 3.63) is 95.3 Å². The fourth-order valence-corrected chi connectivity index (χ4v) is 4.50. The number of hydrogen-bond acceptors (Lipinski definition) is 5. The van der Waals surface area contributed by atoms with Crippen molar-refractivity contribution >= 4 is 28.3 Å². The van der Waals surface area contributed by atoms with Gasteiger partial charge in [0.05, 0.1) is 11.1 Å². The molecule has 1 aliphatic rings. The van der Waals surface area contributed by atoms with Crippen LogP contribution in [0.3, 0.4) is 0 Å². The quantitative estimate of drug-likeness (QED) is 0.415. The van der Waals surface area contributed by atoms with E-state index in [9.17, 15) is 4.79 Å². The van der Waals surface area contributed by atoms with Gasteiger partial charge in [-0.2, -0.15) is 0 Å². The molecule has 1 aliphatic heterocycles. The Balaban J connectivity index is 1.35. The summed E-state index contributed by atoms with van der Waals surface area (Å²) in [7, 11) is 0. The highest BCUT2D eigenvalue weighted by atomic mass is 16.1. The van der Waals surface area contributed by atoms with Gasteiger partial charge in [-0.25, -0.2) is 4.98 Å². The number of nitrogens with zero attached hydrogens (tertiary/aromatic N) is 2. The number of hydrogen-bond donors (Lipinski definition) is 3. The van der Waals surface area contributed by atoms with Gasteiger partial charge in [0.25, 0.3) is 5.91 Å². The van der Waals surface area contributed by atoms with Crippen molar-refractivity contribution in [2.45, 2.75) is 32.4 Å². The van der Waals surface area contributed by atoms with Crippen molar-refractivity contribution in [1.82, 2.24) is 15.3 Å². The zero-order valence-electron chi connectivity index (χ0n) is 18.9. The number of benzene rings is 2. The predicted molar refractivity (Wildman–Crippen MR) is 132 cm³/mol. The molecule has 2 aromatic heterocycles. The number of aromatic nitrogens is 2. The van der Waals surface area contributed by atoms with Crippen LogP contribution in [0.4, 0.5) is 11.5 Å². The third-order valence-electron chi connectivity index (χ3n) is 6.21. The topological polar surface area (TPSA) is 78.9 Å². The molecule has 2 aromatic carbocycles. The van der Waals surface area contributed by atoms with E-state index in [1.165, 1.54) is 11.1 Å². The molecule has 0 radical (unpaired) electrons. The summed E-state index contributed by atoms with van der Waals surface area (Å²) in [5.74, 6) is 0.366. The van der Waals surface area contributed by atoms with Gasteiger partial charge in [0.15, 0.2) is 0 Å². The van der Waals surface area contributed by atoms with E-state index in [2.05, 4.69) is 58.0 Å². The molecule has 1 amide bonds. The molecule has 33 heavy (non-hydrogen) atoms. The minimum absolute atomic E-state index is 0.0771. The number of carbonyl (C=O) groups is 1. The third kappa shape index (κ3) is 4.30. The van der Waals surface area contributed by atoms with Gasteiger partial charge in [-0.1, -0.05) is 38.1 Å². The third-order valence-corrected chi connectivity index (χ3v) is 6.21. The summed E-state index contributed by atoms with van der Waals surface area (Å²) < 4.78 is 0. The molecule has 166 valence electrons.